The van der Waals surface area contributed by atoms with Crippen LogP contribution in [0.1, 0.15) is 12.5 Å². The number of aryl methyl sites for hydroxylation is 1. The van der Waals surface area contributed by atoms with Gasteiger partial charge in [-0.05, 0) is 19.1 Å². The highest BCUT2D eigenvalue weighted by atomic mass is 16.5. The topological polar surface area (TPSA) is 86.0 Å². The highest BCUT2D eigenvalue weighted by molar-refractivity contribution is 5.86. The fourth-order valence-corrected chi connectivity index (χ4v) is 2.22. The Morgan fingerprint density at radius 1 is 1.12 bits per heavy atom. The molecule has 2 aromatic carbocycles. The number of rotatable bonds is 3. The van der Waals surface area contributed by atoms with Crippen molar-refractivity contribution in [2.24, 2.45) is 0 Å². The lowest BCUT2D eigenvalue weighted by Crippen LogP contribution is -2.06. The minimum atomic E-state index is -0.546. The maximum atomic E-state index is 12.5. The molecule has 1 aromatic heterocycles. The summed E-state index contributed by atoms with van der Waals surface area (Å²) in [7, 11) is 0. The molecule has 1 N–H and O–H groups in total. The van der Waals surface area contributed by atoms with E-state index in [-0.39, 0.29) is 28.2 Å². The Labute approximate surface area is 136 Å². The molecule has 24 heavy (non-hydrogen) atoms. The van der Waals surface area contributed by atoms with Gasteiger partial charge in [0.05, 0.1) is 0 Å². The van der Waals surface area contributed by atoms with E-state index in [9.17, 15) is 14.7 Å². The summed E-state index contributed by atoms with van der Waals surface area (Å²) in [6, 6.07) is 9.68. The van der Waals surface area contributed by atoms with E-state index in [1.54, 1.807) is 12.1 Å². The maximum Gasteiger partial charge on any atom is 0.308 e. The smallest absolute Gasteiger partial charge is 0.308 e. The number of esters is 1. The van der Waals surface area contributed by atoms with Crippen molar-refractivity contribution in [3.05, 3.63) is 58.4 Å². The van der Waals surface area contributed by atoms with E-state index < -0.39 is 11.4 Å². The van der Waals surface area contributed by atoms with E-state index in [1.807, 2.05) is 19.1 Å². The van der Waals surface area contributed by atoms with Gasteiger partial charge in [-0.25, -0.2) is 0 Å². The van der Waals surface area contributed by atoms with Gasteiger partial charge >= 0.3 is 5.97 Å². The van der Waals surface area contributed by atoms with Gasteiger partial charge in [-0.15, -0.1) is 0 Å². The zero-order valence-corrected chi connectivity index (χ0v) is 13.0. The van der Waals surface area contributed by atoms with Crippen LogP contribution in [0.25, 0.3) is 11.0 Å². The number of benzene rings is 2. The van der Waals surface area contributed by atoms with Crippen molar-refractivity contribution in [2.75, 3.05) is 0 Å². The van der Waals surface area contributed by atoms with Crippen LogP contribution in [0.2, 0.25) is 0 Å². The third kappa shape index (κ3) is 3.08. The molecule has 3 aromatic rings. The van der Waals surface area contributed by atoms with Crippen molar-refractivity contribution < 1.29 is 23.8 Å². The molecule has 0 bridgehead atoms. The second-order valence-electron chi connectivity index (χ2n) is 5.25. The number of carbonyl (C=O) groups is 1. The van der Waals surface area contributed by atoms with Crippen molar-refractivity contribution >= 4 is 16.9 Å². The van der Waals surface area contributed by atoms with Gasteiger partial charge in [-0.3, -0.25) is 9.59 Å². The molecule has 1 heterocycles. The first-order valence-electron chi connectivity index (χ1n) is 7.15. The van der Waals surface area contributed by atoms with Crippen LogP contribution in [0.3, 0.4) is 0 Å². The summed E-state index contributed by atoms with van der Waals surface area (Å²) in [6.45, 7) is 3.17. The van der Waals surface area contributed by atoms with E-state index in [0.29, 0.717) is 5.75 Å². The lowest BCUT2D eigenvalue weighted by atomic mass is 10.2. The molecule has 0 saturated heterocycles. The molecule has 0 atom stereocenters. The molecule has 122 valence electrons. The van der Waals surface area contributed by atoms with Crippen molar-refractivity contribution in [1.82, 2.24) is 0 Å². The lowest BCUT2D eigenvalue weighted by Gasteiger charge is -2.08. The highest BCUT2D eigenvalue weighted by Crippen LogP contribution is 2.30. The Kier molecular flexibility index (Phi) is 3.95. The van der Waals surface area contributed by atoms with Crippen molar-refractivity contribution in [3.8, 4) is 23.0 Å². The first-order valence-corrected chi connectivity index (χ1v) is 7.15. The van der Waals surface area contributed by atoms with Crippen LogP contribution in [-0.2, 0) is 4.79 Å². The summed E-state index contributed by atoms with van der Waals surface area (Å²) < 4.78 is 15.8. The number of hydrogen-bond donors (Lipinski definition) is 1. The van der Waals surface area contributed by atoms with Crippen molar-refractivity contribution in [2.45, 2.75) is 13.8 Å². The summed E-state index contributed by atoms with van der Waals surface area (Å²) in [5, 5.41) is 10.0. The van der Waals surface area contributed by atoms with Gasteiger partial charge in [0.2, 0.25) is 11.2 Å². The number of carbonyl (C=O) groups excluding carboxylic acids is 1. The molecular weight excluding hydrogens is 312 g/mol. The third-order valence-electron chi connectivity index (χ3n) is 3.31. The van der Waals surface area contributed by atoms with Gasteiger partial charge < -0.3 is 19.0 Å². The quantitative estimate of drug-likeness (QED) is 0.585. The molecule has 0 unspecified atom stereocenters. The molecule has 0 fully saturated rings. The molecule has 6 heteroatoms. The third-order valence-corrected chi connectivity index (χ3v) is 3.31. The molecule has 0 radical (unpaired) electrons. The fraction of sp³-hybridized carbons (Fsp3) is 0.111. The van der Waals surface area contributed by atoms with E-state index in [1.165, 1.54) is 19.1 Å². The molecule has 0 aliphatic carbocycles. The number of phenols is 1. The Morgan fingerprint density at radius 3 is 2.50 bits per heavy atom. The van der Waals surface area contributed by atoms with Crippen molar-refractivity contribution in [1.29, 1.82) is 0 Å². The Balaban J connectivity index is 2.04. The maximum absolute atomic E-state index is 12.5. The van der Waals surface area contributed by atoms with E-state index in [0.717, 1.165) is 11.8 Å². The monoisotopic (exact) mass is 326 g/mol. The molecule has 0 spiro atoms. The molecule has 3 rings (SSSR count). The van der Waals surface area contributed by atoms with E-state index in [2.05, 4.69) is 0 Å². The average molecular weight is 326 g/mol. The summed E-state index contributed by atoms with van der Waals surface area (Å²) in [4.78, 5) is 23.5. The van der Waals surface area contributed by atoms with Gasteiger partial charge in [0, 0.05) is 19.1 Å². The average Bonchev–Trinajstić information content (AvgIpc) is 2.51. The normalized spacial score (nSPS) is 10.6. The molecule has 6 nitrogen and oxygen atoms in total. The molecule has 0 aliphatic rings. The van der Waals surface area contributed by atoms with Gasteiger partial charge in [-0.1, -0.05) is 17.7 Å². The summed E-state index contributed by atoms with van der Waals surface area (Å²) in [5.41, 5.74) is 0.625. The van der Waals surface area contributed by atoms with Gasteiger partial charge in [-0.2, -0.15) is 0 Å². The molecule has 0 aliphatic heterocycles. The minimum Gasteiger partial charge on any atom is -0.507 e. The second-order valence-corrected chi connectivity index (χ2v) is 5.25. The highest BCUT2D eigenvalue weighted by Gasteiger charge is 2.15. The predicted molar refractivity (Wildman–Crippen MR) is 86.7 cm³/mol. The van der Waals surface area contributed by atoms with Gasteiger partial charge in [0.15, 0.2) is 0 Å². The Hall–Kier alpha value is -3.28. The molecule has 0 amide bonds. The second kappa shape index (κ2) is 6.08. The zero-order valence-electron chi connectivity index (χ0n) is 13.0. The van der Waals surface area contributed by atoms with Crippen LogP contribution < -0.4 is 14.9 Å². The largest absolute Gasteiger partial charge is 0.507 e. The number of phenolic OH excluding ortho intramolecular Hbond substituents is 1. The van der Waals surface area contributed by atoms with E-state index >= 15 is 0 Å². The fourth-order valence-electron chi connectivity index (χ4n) is 2.22. The van der Waals surface area contributed by atoms with Crippen molar-refractivity contribution in [3.63, 3.8) is 0 Å². The van der Waals surface area contributed by atoms with Crippen LogP contribution >= 0.6 is 0 Å². The molecule has 0 saturated carbocycles. The van der Waals surface area contributed by atoms with Crippen LogP contribution in [0, 0.1) is 6.92 Å². The van der Waals surface area contributed by atoms with Crippen LogP contribution in [0.5, 0.6) is 23.0 Å². The first-order chi connectivity index (χ1) is 11.4. The zero-order chi connectivity index (χ0) is 17.3. The summed E-state index contributed by atoms with van der Waals surface area (Å²) in [5.74, 6) is -0.393. The number of hydrogen-bond acceptors (Lipinski definition) is 6. The number of fused-ring (bicyclic) bond motifs is 1. The lowest BCUT2D eigenvalue weighted by molar-refractivity contribution is -0.131. The minimum absolute atomic E-state index is 0.0458. The van der Waals surface area contributed by atoms with Gasteiger partial charge in [0.25, 0.3) is 0 Å². The number of ether oxygens (including phenoxy) is 2. The van der Waals surface area contributed by atoms with E-state index in [4.69, 9.17) is 13.9 Å². The Morgan fingerprint density at radius 2 is 1.83 bits per heavy atom. The summed E-state index contributed by atoms with van der Waals surface area (Å²) in [6.07, 6.45) is 1.15. The molecular formula is C18H14O6. The SMILES string of the molecule is CC(=O)Oc1cc(O)c2c(=O)c(Oc3ccc(C)cc3)coc2c1. The standard InChI is InChI=1S/C18H14O6/c1-10-3-5-12(6-4-10)24-16-9-22-15-8-13(23-11(2)19)7-14(20)17(15)18(16)21/h3-9,20H,1-2H3. The number of aromatic hydroxyl groups is 1. The van der Waals surface area contributed by atoms with Crippen LogP contribution in [0.15, 0.2) is 51.9 Å². The van der Waals surface area contributed by atoms with Gasteiger partial charge in [0.1, 0.15) is 34.5 Å². The van der Waals surface area contributed by atoms with Crippen LogP contribution in [-0.4, -0.2) is 11.1 Å². The first kappa shape index (κ1) is 15.6. The predicted octanol–water partition coefficient (Wildman–Crippen LogP) is 3.52. The summed E-state index contributed by atoms with van der Waals surface area (Å²) >= 11 is 0. The Bertz CT molecular complexity index is 969. The van der Waals surface area contributed by atoms with Crippen LogP contribution in [0.4, 0.5) is 0 Å².